The molecule has 2 atom stereocenters. The van der Waals surface area contributed by atoms with Gasteiger partial charge in [-0.2, -0.15) is 18.2 Å². The maximum atomic E-state index is 12.7. The van der Waals surface area contributed by atoms with E-state index in [1.165, 1.54) is 12.1 Å². The lowest BCUT2D eigenvalue weighted by atomic mass is 10.0. The summed E-state index contributed by atoms with van der Waals surface area (Å²) < 4.78 is 43.3. The zero-order valence-electron chi connectivity index (χ0n) is 13.3. The van der Waals surface area contributed by atoms with Crippen LogP contribution in [-0.2, 0) is 19.0 Å². The van der Waals surface area contributed by atoms with Crippen LogP contribution in [0.25, 0.3) is 0 Å². The van der Waals surface area contributed by atoms with Gasteiger partial charge in [0.1, 0.15) is 0 Å². The van der Waals surface area contributed by atoms with Gasteiger partial charge in [-0.3, -0.25) is 0 Å². The molecule has 1 heterocycles. The Balaban J connectivity index is 1.97. The molecule has 0 spiro atoms. The highest BCUT2D eigenvalue weighted by atomic mass is 19.4. The molecule has 7 heteroatoms. The van der Waals surface area contributed by atoms with Gasteiger partial charge in [-0.1, -0.05) is 30.3 Å². The predicted octanol–water partition coefficient (Wildman–Crippen LogP) is 3.93. The fraction of sp³-hybridized carbons (Fsp3) is 0.500. The number of alkyl halides is 3. The third-order valence-electron chi connectivity index (χ3n) is 3.50. The first kappa shape index (κ1) is 17.5. The Labute approximate surface area is 133 Å². The van der Waals surface area contributed by atoms with Crippen LogP contribution in [-0.4, -0.2) is 16.2 Å². The molecule has 0 saturated carbocycles. The minimum Gasteiger partial charge on any atom is -0.338 e. The Morgan fingerprint density at radius 3 is 2.61 bits per heavy atom. The first-order chi connectivity index (χ1) is 10.8. The van der Waals surface area contributed by atoms with Crippen molar-refractivity contribution < 1.29 is 17.7 Å². The van der Waals surface area contributed by atoms with Gasteiger partial charge in [0, 0.05) is 12.5 Å². The third-order valence-corrected chi connectivity index (χ3v) is 3.50. The number of aryl methyl sites for hydroxylation is 1. The number of aromatic nitrogens is 2. The Kier molecular flexibility index (Phi) is 5.41. The normalized spacial score (nSPS) is 14.7. The maximum Gasteiger partial charge on any atom is 0.416 e. The van der Waals surface area contributed by atoms with Crippen LogP contribution in [0.15, 0.2) is 28.8 Å². The number of hydrogen-bond acceptors (Lipinski definition) is 4. The van der Waals surface area contributed by atoms with Gasteiger partial charge in [0.15, 0.2) is 5.82 Å². The number of benzene rings is 1. The van der Waals surface area contributed by atoms with Crippen molar-refractivity contribution in [1.29, 1.82) is 0 Å². The van der Waals surface area contributed by atoms with Gasteiger partial charge in [0.2, 0.25) is 5.89 Å². The largest absolute Gasteiger partial charge is 0.416 e. The van der Waals surface area contributed by atoms with Crippen molar-refractivity contribution >= 4 is 0 Å². The quantitative estimate of drug-likeness (QED) is 0.873. The van der Waals surface area contributed by atoms with Crippen molar-refractivity contribution in [1.82, 2.24) is 15.5 Å². The Morgan fingerprint density at radius 2 is 2.00 bits per heavy atom. The van der Waals surface area contributed by atoms with E-state index in [0.717, 1.165) is 6.07 Å². The Hall–Kier alpha value is -1.89. The fourth-order valence-electron chi connectivity index (χ4n) is 2.37. The molecular weight excluding hydrogens is 307 g/mol. The van der Waals surface area contributed by atoms with Crippen molar-refractivity contribution in [2.75, 3.05) is 0 Å². The minimum atomic E-state index is -4.32. The van der Waals surface area contributed by atoms with Gasteiger partial charge >= 0.3 is 6.18 Å². The summed E-state index contributed by atoms with van der Waals surface area (Å²) in [4.78, 5) is 4.25. The van der Waals surface area contributed by atoms with Crippen LogP contribution in [0.1, 0.15) is 49.7 Å². The van der Waals surface area contributed by atoms with Crippen LogP contribution in [0.5, 0.6) is 0 Å². The molecule has 0 aliphatic heterocycles. The van der Waals surface area contributed by atoms with Crippen LogP contribution in [0.3, 0.4) is 0 Å². The van der Waals surface area contributed by atoms with Gasteiger partial charge in [0.05, 0.1) is 11.6 Å². The zero-order valence-corrected chi connectivity index (χ0v) is 13.3. The van der Waals surface area contributed by atoms with Crippen LogP contribution < -0.4 is 5.32 Å². The number of halogens is 3. The average molecular weight is 327 g/mol. The molecule has 2 rings (SSSR count). The smallest absolute Gasteiger partial charge is 0.338 e. The summed E-state index contributed by atoms with van der Waals surface area (Å²) >= 11 is 0. The van der Waals surface area contributed by atoms with Crippen LogP contribution in [0.4, 0.5) is 13.2 Å². The molecule has 0 bridgehead atoms. The SMILES string of the molecule is CCc1noc([C@@H](C)N[C@H](C)Cc2cccc(C(F)(F)F)c2)n1. The molecule has 0 radical (unpaired) electrons. The molecule has 1 N–H and O–H groups in total. The molecule has 0 fully saturated rings. The second kappa shape index (κ2) is 7.12. The highest BCUT2D eigenvalue weighted by Crippen LogP contribution is 2.29. The van der Waals surface area contributed by atoms with Crippen molar-refractivity contribution in [2.24, 2.45) is 0 Å². The minimum absolute atomic E-state index is 0.0366. The number of hydrogen-bond donors (Lipinski definition) is 1. The van der Waals surface area contributed by atoms with Crippen LogP contribution in [0, 0.1) is 0 Å². The van der Waals surface area contributed by atoms with E-state index >= 15 is 0 Å². The summed E-state index contributed by atoms with van der Waals surface area (Å²) in [7, 11) is 0. The average Bonchev–Trinajstić information content (AvgIpc) is 2.95. The molecule has 0 saturated heterocycles. The summed E-state index contributed by atoms with van der Waals surface area (Å²) in [5, 5.41) is 7.10. The van der Waals surface area contributed by atoms with Gasteiger partial charge in [0.25, 0.3) is 0 Å². The molecule has 1 aromatic carbocycles. The summed E-state index contributed by atoms with van der Waals surface area (Å²) in [6, 6.07) is 5.19. The summed E-state index contributed by atoms with van der Waals surface area (Å²) in [5.74, 6) is 1.12. The molecule has 4 nitrogen and oxygen atoms in total. The first-order valence-corrected chi connectivity index (χ1v) is 7.54. The molecule has 1 aromatic heterocycles. The lowest BCUT2D eigenvalue weighted by Gasteiger charge is -2.18. The molecule has 0 aliphatic rings. The monoisotopic (exact) mass is 327 g/mol. The summed E-state index contributed by atoms with van der Waals surface area (Å²) in [6.45, 7) is 5.73. The summed E-state index contributed by atoms with van der Waals surface area (Å²) in [5.41, 5.74) is 0.00605. The van der Waals surface area contributed by atoms with E-state index in [2.05, 4.69) is 15.5 Å². The second-order valence-electron chi connectivity index (χ2n) is 5.59. The highest BCUT2D eigenvalue weighted by Gasteiger charge is 2.30. The van der Waals surface area contributed by atoms with E-state index in [4.69, 9.17) is 4.52 Å². The standard InChI is InChI=1S/C16H20F3N3O/c1-4-14-21-15(23-22-14)11(3)20-10(2)8-12-6-5-7-13(9-12)16(17,18)19/h5-7,9-11,20H,4,8H2,1-3H3/t10-,11-/m1/s1. The van der Waals surface area contributed by atoms with Gasteiger partial charge in [-0.15, -0.1) is 0 Å². The number of rotatable bonds is 6. The molecule has 2 aromatic rings. The fourth-order valence-corrected chi connectivity index (χ4v) is 2.37. The van der Waals surface area contributed by atoms with E-state index in [1.54, 1.807) is 6.07 Å². The maximum absolute atomic E-state index is 12.7. The van der Waals surface area contributed by atoms with E-state index in [0.29, 0.717) is 30.1 Å². The lowest BCUT2D eigenvalue weighted by Crippen LogP contribution is -2.31. The zero-order chi connectivity index (χ0) is 17.0. The molecule has 0 unspecified atom stereocenters. The molecule has 0 aliphatic carbocycles. The third kappa shape index (κ3) is 4.79. The first-order valence-electron chi connectivity index (χ1n) is 7.54. The van der Waals surface area contributed by atoms with E-state index < -0.39 is 11.7 Å². The molecule has 126 valence electrons. The van der Waals surface area contributed by atoms with E-state index in [1.807, 2.05) is 20.8 Å². The van der Waals surface area contributed by atoms with Crippen molar-refractivity contribution in [3.05, 3.63) is 47.1 Å². The number of nitrogens with zero attached hydrogens (tertiary/aromatic N) is 2. The van der Waals surface area contributed by atoms with Crippen LogP contribution >= 0.6 is 0 Å². The van der Waals surface area contributed by atoms with Gasteiger partial charge in [-0.05, 0) is 31.9 Å². The van der Waals surface area contributed by atoms with Gasteiger partial charge in [-0.25, -0.2) is 0 Å². The second-order valence-corrected chi connectivity index (χ2v) is 5.59. The lowest BCUT2D eigenvalue weighted by molar-refractivity contribution is -0.137. The molecule has 0 amide bonds. The van der Waals surface area contributed by atoms with Crippen molar-refractivity contribution in [2.45, 2.75) is 51.9 Å². The van der Waals surface area contributed by atoms with Crippen molar-refractivity contribution in [3.8, 4) is 0 Å². The van der Waals surface area contributed by atoms with Gasteiger partial charge < -0.3 is 9.84 Å². The van der Waals surface area contributed by atoms with Crippen molar-refractivity contribution in [3.63, 3.8) is 0 Å². The Bertz CT molecular complexity index is 639. The summed E-state index contributed by atoms with van der Waals surface area (Å²) in [6.07, 6.45) is -3.15. The Morgan fingerprint density at radius 1 is 1.26 bits per heavy atom. The highest BCUT2D eigenvalue weighted by molar-refractivity contribution is 5.26. The van der Waals surface area contributed by atoms with E-state index in [-0.39, 0.29) is 12.1 Å². The molecule has 23 heavy (non-hydrogen) atoms. The van der Waals surface area contributed by atoms with E-state index in [9.17, 15) is 13.2 Å². The topological polar surface area (TPSA) is 51.0 Å². The molecular formula is C16H20F3N3O. The predicted molar refractivity (Wildman–Crippen MR) is 79.8 cm³/mol. The number of nitrogens with one attached hydrogen (secondary N) is 1. The van der Waals surface area contributed by atoms with Crippen LogP contribution in [0.2, 0.25) is 0 Å².